The van der Waals surface area contributed by atoms with Gasteiger partial charge in [0.1, 0.15) is 6.20 Å². The molecule has 120 valence electrons. The van der Waals surface area contributed by atoms with E-state index < -0.39 is 16.9 Å². The maximum absolute atomic E-state index is 11.3. The number of benzene rings is 1. The molecule has 1 heterocycles. The monoisotopic (exact) mass is 336 g/mol. The maximum atomic E-state index is 11.3. The third kappa shape index (κ3) is 3.92. The first kappa shape index (κ1) is 16.6. The predicted octanol–water partition coefficient (Wildman–Crippen LogP) is 3.04. The highest BCUT2D eigenvalue weighted by Crippen LogP contribution is 2.34. The van der Waals surface area contributed by atoms with Crippen molar-refractivity contribution in [2.24, 2.45) is 0 Å². The van der Waals surface area contributed by atoms with Crippen LogP contribution in [0.25, 0.3) is 0 Å². The lowest BCUT2D eigenvalue weighted by molar-refractivity contribution is -0.384. The second-order valence-corrected chi connectivity index (χ2v) is 5.10. The zero-order valence-corrected chi connectivity index (χ0v) is 12.8. The van der Waals surface area contributed by atoms with Crippen LogP contribution < -0.4 is 4.90 Å². The Hall–Kier alpha value is -2.74. The van der Waals surface area contributed by atoms with Crippen molar-refractivity contribution in [3.05, 3.63) is 51.9 Å². The number of anilines is 2. The van der Waals surface area contributed by atoms with Gasteiger partial charge in [-0.2, -0.15) is 4.98 Å². The van der Waals surface area contributed by atoms with E-state index in [4.69, 9.17) is 16.7 Å². The molecule has 1 aromatic heterocycles. The van der Waals surface area contributed by atoms with Crippen LogP contribution >= 0.6 is 11.6 Å². The van der Waals surface area contributed by atoms with E-state index >= 15 is 0 Å². The van der Waals surface area contributed by atoms with Crippen LogP contribution in [0.3, 0.4) is 0 Å². The number of carbonyl (C=O) groups is 1. The summed E-state index contributed by atoms with van der Waals surface area (Å²) in [6.45, 7) is 1.64. The zero-order chi connectivity index (χ0) is 17.0. The van der Waals surface area contributed by atoms with Crippen molar-refractivity contribution in [1.82, 2.24) is 9.97 Å². The highest BCUT2D eigenvalue weighted by molar-refractivity contribution is 6.28. The van der Waals surface area contributed by atoms with Crippen LogP contribution in [-0.2, 0) is 4.79 Å². The van der Waals surface area contributed by atoms with Gasteiger partial charge in [0, 0.05) is 11.7 Å². The topological polar surface area (TPSA) is 109 Å². The Morgan fingerprint density at radius 2 is 2.09 bits per heavy atom. The van der Waals surface area contributed by atoms with Crippen LogP contribution in [0.5, 0.6) is 0 Å². The van der Waals surface area contributed by atoms with Crippen LogP contribution in [0.1, 0.15) is 13.3 Å². The molecule has 0 spiro atoms. The van der Waals surface area contributed by atoms with Gasteiger partial charge in [-0.15, -0.1) is 0 Å². The number of rotatable bonds is 6. The first-order chi connectivity index (χ1) is 10.9. The van der Waals surface area contributed by atoms with Gasteiger partial charge in [0.15, 0.2) is 0 Å². The highest BCUT2D eigenvalue weighted by Gasteiger charge is 2.28. The SMILES string of the molecule is CC(CC(=O)O)N(c1ccccc1)c1nc(Cl)ncc1[N+](=O)[O-]. The van der Waals surface area contributed by atoms with E-state index in [0.29, 0.717) is 5.69 Å². The number of aromatic nitrogens is 2. The minimum Gasteiger partial charge on any atom is -0.481 e. The van der Waals surface area contributed by atoms with Crippen LogP contribution in [0, 0.1) is 10.1 Å². The van der Waals surface area contributed by atoms with Crippen molar-refractivity contribution < 1.29 is 14.8 Å². The summed E-state index contributed by atoms with van der Waals surface area (Å²) in [7, 11) is 0. The van der Waals surface area contributed by atoms with Crippen molar-refractivity contribution >= 4 is 34.8 Å². The average molecular weight is 337 g/mol. The van der Waals surface area contributed by atoms with Crippen LogP contribution in [0.15, 0.2) is 36.5 Å². The van der Waals surface area contributed by atoms with Crippen molar-refractivity contribution in [3.8, 4) is 0 Å². The molecule has 1 unspecified atom stereocenters. The smallest absolute Gasteiger partial charge is 0.330 e. The predicted molar refractivity (Wildman–Crippen MR) is 84.0 cm³/mol. The summed E-state index contributed by atoms with van der Waals surface area (Å²) in [4.78, 5) is 30.7. The molecule has 0 radical (unpaired) electrons. The fourth-order valence-corrected chi connectivity index (χ4v) is 2.30. The molecule has 1 N–H and O–H groups in total. The van der Waals surface area contributed by atoms with E-state index in [0.717, 1.165) is 6.20 Å². The standard InChI is InChI=1S/C14H13ClN4O4/c1-9(7-12(20)21)18(10-5-3-2-4-6-10)13-11(19(22)23)8-16-14(15)17-13/h2-6,8-9H,7H2,1H3,(H,20,21). The van der Waals surface area contributed by atoms with Crippen molar-refractivity contribution in [1.29, 1.82) is 0 Å². The number of nitro groups is 1. The molecule has 2 aromatic rings. The number of halogens is 1. The second kappa shape index (κ2) is 7.01. The molecule has 23 heavy (non-hydrogen) atoms. The van der Waals surface area contributed by atoms with Crippen LogP contribution in [0.4, 0.5) is 17.2 Å². The van der Waals surface area contributed by atoms with E-state index in [1.54, 1.807) is 37.3 Å². The van der Waals surface area contributed by atoms with Gasteiger partial charge < -0.3 is 10.0 Å². The van der Waals surface area contributed by atoms with E-state index in [1.807, 2.05) is 0 Å². The lowest BCUT2D eigenvalue weighted by Gasteiger charge is -2.29. The van der Waals surface area contributed by atoms with Gasteiger partial charge in [0.05, 0.1) is 11.3 Å². The van der Waals surface area contributed by atoms with Crippen molar-refractivity contribution in [2.75, 3.05) is 4.90 Å². The van der Waals surface area contributed by atoms with Crippen LogP contribution in [-0.4, -0.2) is 32.0 Å². The molecule has 0 amide bonds. The Balaban J connectivity index is 2.60. The number of nitrogens with zero attached hydrogens (tertiary/aromatic N) is 4. The number of aliphatic carboxylic acids is 1. The summed E-state index contributed by atoms with van der Waals surface area (Å²) >= 11 is 5.78. The quantitative estimate of drug-likeness (QED) is 0.490. The van der Waals surface area contributed by atoms with Crippen molar-refractivity contribution in [3.63, 3.8) is 0 Å². The van der Waals surface area contributed by atoms with Gasteiger partial charge >= 0.3 is 11.7 Å². The Kier molecular flexibility index (Phi) is 5.07. The lowest BCUT2D eigenvalue weighted by Crippen LogP contribution is -2.32. The van der Waals surface area contributed by atoms with E-state index in [-0.39, 0.29) is 23.2 Å². The summed E-state index contributed by atoms with van der Waals surface area (Å²) in [5.74, 6) is -1.07. The molecule has 0 saturated heterocycles. The van der Waals surface area contributed by atoms with Crippen molar-refractivity contribution in [2.45, 2.75) is 19.4 Å². The molecular formula is C14H13ClN4O4. The number of carboxylic acid groups (broad SMARTS) is 1. The summed E-state index contributed by atoms with van der Waals surface area (Å²) in [6.07, 6.45) is 0.780. The fourth-order valence-electron chi connectivity index (χ4n) is 2.17. The zero-order valence-electron chi connectivity index (χ0n) is 12.1. The Bertz CT molecular complexity index is 726. The summed E-state index contributed by atoms with van der Waals surface area (Å²) in [6, 6.07) is 8.09. The second-order valence-electron chi connectivity index (χ2n) is 4.76. The molecular weight excluding hydrogens is 324 g/mol. The van der Waals surface area contributed by atoms with Gasteiger partial charge in [-0.3, -0.25) is 14.9 Å². The van der Waals surface area contributed by atoms with Gasteiger partial charge in [-0.1, -0.05) is 18.2 Å². The summed E-state index contributed by atoms with van der Waals surface area (Å²) < 4.78 is 0. The van der Waals surface area contributed by atoms with Gasteiger partial charge in [0.25, 0.3) is 0 Å². The number of carboxylic acids is 1. The lowest BCUT2D eigenvalue weighted by atomic mass is 10.1. The average Bonchev–Trinajstić information content (AvgIpc) is 2.47. The molecule has 1 aromatic carbocycles. The molecule has 0 saturated carbocycles. The first-order valence-electron chi connectivity index (χ1n) is 6.63. The fraction of sp³-hybridized carbons (Fsp3) is 0.214. The minimum atomic E-state index is -1.03. The number of hydrogen-bond acceptors (Lipinski definition) is 6. The molecule has 0 aliphatic carbocycles. The third-order valence-electron chi connectivity index (χ3n) is 3.09. The van der Waals surface area contributed by atoms with E-state index in [2.05, 4.69) is 9.97 Å². The number of hydrogen-bond donors (Lipinski definition) is 1. The van der Waals surface area contributed by atoms with Gasteiger partial charge in [-0.05, 0) is 30.7 Å². The highest BCUT2D eigenvalue weighted by atomic mass is 35.5. The first-order valence-corrected chi connectivity index (χ1v) is 7.01. The molecule has 9 heteroatoms. The Labute approximate surface area is 136 Å². The van der Waals surface area contributed by atoms with Gasteiger partial charge in [0.2, 0.25) is 11.1 Å². The van der Waals surface area contributed by atoms with Gasteiger partial charge in [-0.25, -0.2) is 4.98 Å². The Morgan fingerprint density at radius 1 is 1.43 bits per heavy atom. The third-order valence-corrected chi connectivity index (χ3v) is 3.27. The maximum Gasteiger partial charge on any atom is 0.330 e. The largest absolute Gasteiger partial charge is 0.481 e. The van der Waals surface area contributed by atoms with Crippen LogP contribution in [0.2, 0.25) is 5.28 Å². The molecule has 1 atom stereocenters. The molecule has 0 fully saturated rings. The van der Waals surface area contributed by atoms with E-state index in [1.165, 1.54) is 4.90 Å². The summed E-state index contributed by atoms with van der Waals surface area (Å²) in [5.41, 5.74) is 0.217. The normalized spacial score (nSPS) is 11.7. The Morgan fingerprint density at radius 3 is 2.65 bits per heavy atom. The summed E-state index contributed by atoms with van der Waals surface area (Å²) in [5, 5.41) is 20.1. The minimum absolute atomic E-state index is 0.0463. The number of para-hydroxylation sites is 1. The molecule has 8 nitrogen and oxygen atoms in total. The van der Waals surface area contributed by atoms with E-state index in [9.17, 15) is 14.9 Å². The molecule has 2 rings (SSSR count). The molecule has 0 bridgehead atoms. The molecule has 0 aliphatic rings. The molecule has 0 aliphatic heterocycles.